The predicted octanol–water partition coefficient (Wildman–Crippen LogP) is 0.575. The van der Waals surface area contributed by atoms with Gasteiger partial charge in [0.05, 0.1) is 0 Å². The minimum absolute atomic E-state index is 0.0978. The van der Waals surface area contributed by atoms with Crippen LogP contribution in [0.4, 0.5) is 4.79 Å². The molecule has 1 atom stereocenters. The number of likely N-dealkylation sites (tertiary alicyclic amines) is 1. The van der Waals surface area contributed by atoms with Crippen molar-refractivity contribution in [2.45, 2.75) is 44.4 Å². The molecule has 0 saturated carbocycles. The van der Waals surface area contributed by atoms with Gasteiger partial charge in [0.1, 0.15) is 11.6 Å². The lowest BCUT2D eigenvalue weighted by Gasteiger charge is -2.42. The quantitative estimate of drug-likeness (QED) is 0.693. The number of hydrogen-bond donors (Lipinski definition) is 2. The molecule has 8 heteroatoms. The summed E-state index contributed by atoms with van der Waals surface area (Å²) < 4.78 is 0. The summed E-state index contributed by atoms with van der Waals surface area (Å²) in [5.41, 5.74) is -0.0628. The average molecular weight is 389 g/mol. The van der Waals surface area contributed by atoms with Crippen molar-refractivity contribution in [3.05, 3.63) is 35.9 Å². The number of benzene rings is 1. The molecule has 1 aromatic carbocycles. The van der Waals surface area contributed by atoms with Gasteiger partial charge >= 0.3 is 6.03 Å². The van der Waals surface area contributed by atoms with E-state index >= 15 is 0 Å². The van der Waals surface area contributed by atoms with E-state index in [0.29, 0.717) is 38.9 Å². The van der Waals surface area contributed by atoms with Crippen LogP contribution in [-0.2, 0) is 16.1 Å². The molecule has 0 aromatic heterocycles. The topological polar surface area (TPSA) is 101 Å². The number of aliphatic hydroxyl groups excluding tert-OH is 2. The van der Waals surface area contributed by atoms with Crippen molar-refractivity contribution in [2.24, 2.45) is 0 Å². The van der Waals surface area contributed by atoms with Gasteiger partial charge in [0.2, 0.25) is 0 Å². The van der Waals surface area contributed by atoms with Gasteiger partial charge in [0.25, 0.3) is 11.8 Å². The molecule has 2 fully saturated rings. The van der Waals surface area contributed by atoms with Crippen molar-refractivity contribution in [2.75, 3.05) is 26.2 Å². The molecule has 4 amide bonds. The number of amides is 4. The molecule has 2 aliphatic rings. The van der Waals surface area contributed by atoms with Gasteiger partial charge < -0.3 is 20.0 Å². The van der Waals surface area contributed by atoms with Gasteiger partial charge in [0.15, 0.2) is 0 Å². The average Bonchev–Trinajstić information content (AvgIpc) is 2.89. The lowest BCUT2D eigenvalue weighted by molar-refractivity contribution is -0.145. The molecule has 152 valence electrons. The van der Waals surface area contributed by atoms with E-state index in [1.165, 1.54) is 11.8 Å². The lowest BCUT2D eigenvalue weighted by atomic mass is 9.85. The fraction of sp³-hybridized carbons (Fsp3) is 0.550. The first-order chi connectivity index (χ1) is 13.4. The molecule has 2 saturated heterocycles. The Morgan fingerprint density at radius 3 is 2.39 bits per heavy atom. The van der Waals surface area contributed by atoms with E-state index in [2.05, 4.69) is 0 Å². The molecule has 2 heterocycles. The Labute approximate surface area is 164 Å². The molecule has 2 N–H and O–H groups in total. The van der Waals surface area contributed by atoms with E-state index in [1.54, 1.807) is 9.80 Å². The van der Waals surface area contributed by atoms with Crippen molar-refractivity contribution in [1.29, 1.82) is 0 Å². The smallest absolute Gasteiger partial charge is 0.327 e. The molecule has 1 spiro atoms. The first-order valence-electron chi connectivity index (χ1n) is 9.66. The van der Waals surface area contributed by atoms with Crippen molar-refractivity contribution < 1.29 is 24.6 Å². The van der Waals surface area contributed by atoms with Gasteiger partial charge in [-0.3, -0.25) is 14.5 Å². The fourth-order valence-corrected chi connectivity index (χ4v) is 4.04. The van der Waals surface area contributed by atoms with Crippen molar-refractivity contribution >= 4 is 17.8 Å². The summed E-state index contributed by atoms with van der Waals surface area (Å²) in [6.45, 7) is 2.43. The molecule has 28 heavy (non-hydrogen) atoms. The minimum atomic E-state index is -1.09. The van der Waals surface area contributed by atoms with Crippen LogP contribution in [0.1, 0.15) is 31.7 Å². The van der Waals surface area contributed by atoms with Crippen LogP contribution in [0.5, 0.6) is 0 Å². The second kappa shape index (κ2) is 8.28. The summed E-state index contributed by atoms with van der Waals surface area (Å²) in [5.74, 6) is -0.621. The molecule has 0 aliphatic carbocycles. The second-order valence-electron chi connectivity index (χ2n) is 7.42. The van der Waals surface area contributed by atoms with Gasteiger partial charge in [-0.05, 0) is 31.7 Å². The number of hydrogen-bond acceptors (Lipinski definition) is 5. The van der Waals surface area contributed by atoms with Gasteiger partial charge in [-0.15, -0.1) is 0 Å². The van der Waals surface area contributed by atoms with E-state index in [0.717, 1.165) is 5.56 Å². The highest BCUT2D eigenvalue weighted by molar-refractivity contribution is 6.07. The molecule has 0 bridgehead atoms. The Morgan fingerprint density at radius 1 is 1.18 bits per heavy atom. The summed E-state index contributed by atoms with van der Waals surface area (Å²) >= 11 is 0. The molecule has 0 unspecified atom stereocenters. The van der Waals surface area contributed by atoms with Crippen molar-refractivity contribution in [3.63, 3.8) is 0 Å². The van der Waals surface area contributed by atoms with Crippen LogP contribution in [0, 0.1) is 0 Å². The van der Waals surface area contributed by atoms with Crippen LogP contribution >= 0.6 is 0 Å². The maximum atomic E-state index is 13.2. The highest BCUT2D eigenvalue weighted by atomic mass is 16.3. The van der Waals surface area contributed by atoms with E-state index < -0.39 is 11.6 Å². The Kier molecular flexibility index (Phi) is 6.00. The Hall–Kier alpha value is -2.45. The number of carbonyl (C=O) groups is 3. The molecule has 1 aromatic rings. The number of aliphatic hydroxyl groups is 2. The first-order valence-corrected chi connectivity index (χ1v) is 9.66. The van der Waals surface area contributed by atoms with Crippen LogP contribution < -0.4 is 0 Å². The molecule has 2 aliphatic heterocycles. The van der Waals surface area contributed by atoms with E-state index in [1.807, 2.05) is 30.3 Å². The Balaban J connectivity index is 1.86. The zero-order chi connectivity index (χ0) is 20.3. The summed E-state index contributed by atoms with van der Waals surface area (Å²) in [6.07, 6.45) is -0.0902. The monoisotopic (exact) mass is 389 g/mol. The van der Waals surface area contributed by atoms with Crippen LogP contribution in [0.15, 0.2) is 30.3 Å². The number of piperidine rings is 1. The number of rotatable bonds is 6. The number of urea groups is 1. The number of nitrogens with zero attached hydrogens (tertiary/aromatic N) is 3. The summed E-state index contributed by atoms with van der Waals surface area (Å²) in [5, 5.41) is 18.7. The van der Waals surface area contributed by atoms with E-state index in [-0.39, 0.29) is 31.0 Å². The standard InChI is InChI=1S/C20H27N3O5/c1-15(25)17(26)21-11-8-20(9-12-21)18(27)22(10-5-13-24)19(28)23(20)14-16-6-3-2-4-7-16/h2-4,6-7,15,24-25H,5,8-14H2,1H3/t15-/m0/s1. The fourth-order valence-electron chi connectivity index (χ4n) is 4.04. The summed E-state index contributed by atoms with van der Waals surface area (Å²) in [6, 6.07) is 9.14. The van der Waals surface area contributed by atoms with Crippen LogP contribution in [0.2, 0.25) is 0 Å². The number of imide groups is 1. The van der Waals surface area contributed by atoms with Gasteiger partial charge in [-0.25, -0.2) is 4.79 Å². The third-order valence-electron chi connectivity index (χ3n) is 5.60. The van der Waals surface area contributed by atoms with Crippen molar-refractivity contribution in [1.82, 2.24) is 14.7 Å². The predicted molar refractivity (Wildman–Crippen MR) is 101 cm³/mol. The third kappa shape index (κ3) is 3.62. The maximum Gasteiger partial charge on any atom is 0.327 e. The SMILES string of the molecule is C[C@H](O)C(=O)N1CCC2(CC1)C(=O)N(CCCO)C(=O)N2Cc1ccccc1. The Morgan fingerprint density at radius 2 is 1.82 bits per heavy atom. The second-order valence-corrected chi connectivity index (χ2v) is 7.42. The zero-order valence-corrected chi connectivity index (χ0v) is 16.1. The highest BCUT2D eigenvalue weighted by Crippen LogP contribution is 2.38. The molecule has 0 radical (unpaired) electrons. The normalized spacial score (nSPS) is 20.2. The molecule has 8 nitrogen and oxygen atoms in total. The van der Waals surface area contributed by atoms with E-state index in [9.17, 15) is 19.5 Å². The van der Waals surface area contributed by atoms with Crippen LogP contribution in [0.25, 0.3) is 0 Å². The Bertz CT molecular complexity index is 729. The van der Waals surface area contributed by atoms with Crippen LogP contribution in [0.3, 0.4) is 0 Å². The van der Waals surface area contributed by atoms with Gasteiger partial charge in [0, 0.05) is 32.8 Å². The van der Waals surface area contributed by atoms with E-state index in [4.69, 9.17) is 5.11 Å². The first kappa shape index (κ1) is 20.3. The zero-order valence-electron chi connectivity index (χ0n) is 16.1. The molecular formula is C20H27N3O5. The number of carbonyl (C=O) groups excluding carboxylic acids is 3. The van der Waals surface area contributed by atoms with Crippen molar-refractivity contribution in [3.8, 4) is 0 Å². The largest absolute Gasteiger partial charge is 0.396 e. The van der Waals surface area contributed by atoms with Crippen LogP contribution in [-0.4, -0.2) is 80.6 Å². The minimum Gasteiger partial charge on any atom is -0.396 e. The van der Waals surface area contributed by atoms with Gasteiger partial charge in [-0.2, -0.15) is 0 Å². The maximum absolute atomic E-state index is 13.2. The summed E-state index contributed by atoms with van der Waals surface area (Å²) in [4.78, 5) is 42.8. The van der Waals surface area contributed by atoms with Gasteiger partial charge in [-0.1, -0.05) is 30.3 Å². The third-order valence-corrected chi connectivity index (χ3v) is 5.60. The highest BCUT2D eigenvalue weighted by Gasteiger charge is 2.57. The lowest BCUT2D eigenvalue weighted by Crippen LogP contribution is -2.58. The molecular weight excluding hydrogens is 362 g/mol. The summed E-state index contributed by atoms with van der Waals surface area (Å²) in [7, 11) is 0. The molecule has 3 rings (SSSR count).